The molecule has 0 spiro atoms. The number of benzene rings is 1. The zero-order valence-corrected chi connectivity index (χ0v) is 12.0. The van der Waals surface area contributed by atoms with Crippen LogP contribution in [0.1, 0.15) is 32.3 Å². The summed E-state index contributed by atoms with van der Waals surface area (Å²) in [7, 11) is 0. The minimum absolute atomic E-state index is 0.497. The molecule has 0 atom stereocenters. The highest BCUT2D eigenvalue weighted by Crippen LogP contribution is 2.29. The molecule has 0 heterocycles. The van der Waals surface area contributed by atoms with Crippen LogP contribution in [0.4, 0.5) is 0 Å². The Balaban J connectivity index is 2.72. The topological polar surface area (TPSA) is 46.5 Å². The van der Waals surface area contributed by atoms with E-state index >= 15 is 0 Å². The molecule has 0 aliphatic carbocycles. The summed E-state index contributed by atoms with van der Waals surface area (Å²) in [6, 6.07) is 5.28. The molecule has 3 nitrogen and oxygen atoms in total. The summed E-state index contributed by atoms with van der Waals surface area (Å²) >= 11 is 6.08. The van der Waals surface area contributed by atoms with Crippen LogP contribution < -0.4 is 4.74 Å². The Kier molecular flexibility index (Phi) is 6.43. The molecular formula is C15H19ClO3. The molecule has 0 amide bonds. The molecule has 0 aliphatic heterocycles. The summed E-state index contributed by atoms with van der Waals surface area (Å²) in [5.41, 5.74) is 0.680. The van der Waals surface area contributed by atoms with Crippen molar-refractivity contribution in [1.82, 2.24) is 0 Å². The molecule has 0 unspecified atom stereocenters. The predicted octanol–water partition coefficient (Wildman–Crippen LogP) is 4.25. The number of carbonyl (C=O) groups is 1. The molecule has 0 radical (unpaired) electrons. The van der Waals surface area contributed by atoms with Crippen LogP contribution in [0.3, 0.4) is 0 Å². The third-order valence-corrected chi connectivity index (χ3v) is 2.87. The standard InChI is InChI=1S/C15H19ClO3/c1-11(2)5-4-10-19-15-12(8-9-14(17)18)6-3-7-13(15)16/h3,6-9,11H,4-5,10H2,1-2H3,(H,17,18)/b9-8+. The highest BCUT2D eigenvalue weighted by Gasteiger charge is 2.06. The summed E-state index contributed by atoms with van der Waals surface area (Å²) < 4.78 is 5.67. The molecular weight excluding hydrogens is 264 g/mol. The summed E-state index contributed by atoms with van der Waals surface area (Å²) in [5, 5.41) is 9.15. The molecule has 1 N–H and O–H groups in total. The third-order valence-electron chi connectivity index (χ3n) is 2.58. The monoisotopic (exact) mass is 282 g/mol. The van der Waals surface area contributed by atoms with Gasteiger partial charge in [-0.25, -0.2) is 4.79 Å². The second kappa shape index (κ2) is 7.85. The summed E-state index contributed by atoms with van der Waals surface area (Å²) in [6.07, 6.45) is 4.61. The van der Waals surface area contributed by atoms with Gasteiger partial charge in [-0.1, -0.05) is 37.6 Å². The maximum absolute atomic E-state index is 10.5. The minimum Gasteiger partial charge on any atom is -0.491 e. The number of ether oxygens (including phenoxy) is 1. The Morgan fingerprint density at radius 3 is 2.84 bits per heavy atom. The lowest BCUT2D eigenvalue weighted by molar-refractivity contribution is -0.131. The van der Waals surface area contributed by atoms with Crippen molar-refractivity contribution in [2.75, 3.05) is 6.61 Å². The maximum Gasteiger partial charge on any atom is 0.328 e. The van der Waals surface area contributed by atoms with Crippen molar-refractivity contribution in [2.45, 2.75) is 26.7 Å². The number of carboxylic acids is 1. The highest BCUT2D eigenvalue weighted by molar-refractivity contribution is 6.32. The van der Waals surface area contributed by atoms with Gasteiger partial charge in [0, 0.05) is 11.6 Å². The van der Waals surface area contributed by atoms with E-state index in [0.29, 0.717) is 28.9 Å². The van der Waals surface area contributed by atoms with Crippen LogP contribution in [0.25, 0.3) is 6.08 Å². The van der Waals surface area contributed by atoms with Crippen molar-refractivity contribution in [1.29, 1.82) is 0 Å². The average Bonchev–Trinajstić information content (AvgIpc) is 2.33. The number of hydrogen-bond acceptors (Lipinski definition) is 2. The summed E-state index contributed by atoms with van der Waals surface area (Å²) in [4.78, 5) is 10.5. The number of hydrogen-bond donors (Lipinski definition) is 1. The lowest BCUT2D eigenvalue weighted by atomic mass is 10.1. The van der Waals surface area contributed by atoms with Crippen LogP contribution in [0.15, 0.2) is 24.3 Å². The van der Waals surface area contributed by atoms with Gasteiger partial charge in [-0.05, 0) is 30.9 Å². The lowest BCUT2D eigenvalue weighted by Gasteiger charge is -2.11. The van der Waals surface area contributed by atoms with Gasteiger partial charge < -0.3 is 9.84 Å². The van der Waals surface area contributed by atoms with Gasteiger partial charge in [0.05, 0.1) is 11.6 Å². The minimum atomic E-state index is -0.995. The van der Waals surface area contributed by atoms with Gasteiger partial charge in [-0.15, -0.1) is 0 Å². The SMILES string of the molecule is CC(C)CCCOc1c(Cl)cccc1/C=C/C(=O)O. The fraction of sp³-hybridized carbons (Fsp3) is 0.400. The van der Waals surface area contributed by atoms with Crippen molar-refractivity contribution < 1.29 is 14.6 Å². The fourth-order valence-corrected chi connectivity index (χ4v) is 1.87. The fourth-order valence-electron chi connectivity index (χ4n) is 1.64. The molecule has 0 saturated heterocycles. The summed E-state index contributed by atoms with van der Waals surface area (Å²) in [5.74, 6) is 0.192. The first-order chi connectivity index (χ1) is 9.00. The van der Waals surface area contributed by atoms with Crippen molar-refractivity contribution in [3.63, 3.8) is 0 Å². The van der Waals surface area contributed by atoms with Crippen molar-refractivity contribution >= 4 is 23.6 Å². The van der Waals surface area contributed by atoms with E-state index in [-0.39, 0.29) is 0 Å². The van der Waals surface area contributed by atoms with Crippen LogP contribution in [-0.4, -0.2) is 17.7 Å². The number of para-hydroxylation sites is 1. The molecule has 0 bridgehead atoms. The van der Waals surface area contributed by atoms with Gasteiger partial charge >= 0.3 is 5.97 Å². The molecule has 104 valence electrons. The van der Waals surface area contributed by atoms with Gasteiger partial charge in [0.2, 0.25) is 0 Å². The molecule has 1 aromatic carbocycles. The molecule has 19 heavy (non-hydrogen) atoms. The second-order valence-electron chi connectivity index (χ2n) is 4.71. The zero-order valence-electron chi connectivity index (χ0n) is 11.2. The van der Waals surface area contributed by atoms with Crippen LogP contribution in [0.2, 0.25) is 5.02 Å². The van der Waals surface area contributed by atoms with E-state index in [4.69, 9.17) is 21.4 Å². The lowest BCUT2D eigenvalue weighted by Crippen LogP contribution is -2.01. The Morgan fingerprint density at radius 1 is 1.47 bits per heavy atom. The first-order valence-corrected chi connectivity index (χ1v) is 6.71. The molecule has 0 fully saturated rings. The van der Waals surface area contributed by atoms with Gasteiger partial charge in [0.1, 0.15) is 5.75 Å². The predicted molar refractivity (Wildman–Crippen MR) is 77.7 cm³/mol. The van der Waals surface area contributed by atoms with E-state index in [1.54, 1.807) is 18.2 Å². The first kappa shape index (κ1) is 15.6. The molecule has 0 aromatic heterocycles. The Hall–Kier alpha value is -1.48. The molecule has 1 rings (SSSR count). The second-order valence-corrected chi connectivity index (χ2v) is 5.12. The van der Waals surface area contributed by atoms with Gasteiger partial charge in [0.15, 0.2) is 0 Å². The molecule has 4 heteroatoms. The smallest absolute Gasteiger partial charge is 0.328 e. The van der Waals surface area contributed by atoms with E-state index in [2.05, 4.69) is 13.8 Å². The number of aliphatic carboxylic acids is 1. The van der Waals surface area contributed by atoms with E-state index in [1.807, 2.05) is 0 Å². The highest BCUT2D eigenvalue weighted by atomic mass is 35.5. The van der Waals surface area contributed by atoms with E-state index in [1.165, 1.54) is 6.08 Å². The normalized spacial score (nSPS) is 11.2. The number of carboxylic acid groups (broad SMARTS) is 1. The van der Waals surface area contributed by atoms with E-state index in [0.717, 1.165) is 18.9 Å². The molecule has 0 saturated carbocycles. The zero-order chi connectivity index (χ0) is 14.3. The quantitative estimate of drug-likeness (QED) is 0.600. The van der Waals surface area contributed by atoms with Crippen molar-refractivity contribution in [3.05, 3.63) is 34.9 Å². The van der Waals surface area contributed by atoms with Gasteiger partial charge in [-0.2, -0.15) is 0 Å². The van der Waals surface area contributed by atoms with Crippen molar-refractivity contribution in [2.24, 2.45) is 5.92 Å². The van der Waals surface area contributed by atoms with Crippen LogP contribution >= 0.6 is 11.6 Å². The van der Waals surface area contributed by atoms with Crippen LogP contribution in [0.5, 0.6) is 5.75 Å². The van der Waals surface area contributed by atoms with Gasteiger partial charge in [0.25, 0.3) is 0 Å². The van der Waals surface area contributed by atoms with E-state index in [9.17, 15) is 4.79 Å². The summed E-state index contributed by atoms with van der Waals surface area (Å²) in [6.45, 7) is 4.91. The Bertz CT molecular complexity index is 453. The first-order valence-electron chi connectivity index (χ1n) is 6.33. The Labute approximate surface area is 118 Å². The van der Waals surface area contributed by atoms with Gasteiger partial charge in [-0.3, -0.25) is 0 Å². The largest absolute Gasteiger partial charge is 0.491 e. The third kappa shape index (κ3) is 5.79. The number of halogens is 1. The van der Waals surface area contributed by atoms with Crippen LogP contribution in [-0.2, 0) is 4.79 Å². The van der Waals surface area contributed by atoms with Crippen molar-refractivity contribution in [3.8, 4) is 5.75 Å². The Morgan fingerprint density at radius 2 is 2.21 bits per heavy atom. The molecule has 0 aliphatic rings. The van der Waals surface area contributed by atoms with Crippen LogP contribution in [0, 0.1) is 5.92 Å². The van der Waals surface area contributed by atoms with E-state index < -0.39 is 5.97 Å². The maximum atomic E-state index is 10.5. The average molecular weight is 283 g/mol. The molecule has 1 aromatic rings. The number of rotatable bonds is 7.